The first kappa shape index (κ1) is 20.6. The van der Waals surface area contributed by atoms with E-state index in [1.807, 2.05) is 0 Å². The molecule has 1 amide bonds. The lowest BCUT2D eigenvalue weighted by atomic mass is 10.2. The van der Waals surface area contributed by atoms with E-state index in [9.17, 15) is 20.1 Å². The standard InChI is InChI=1S/C22H19N3O5/c26-18-7-5-15(19(27)13-18)6-8-21(28)30-20-4-2-1-3-17(20)14-24-25-22(29)16-9-11-23-12-10-16/h1-14,21,26-28H,(H,25,29)/b8-6+,24-14+. The Labute approximate surface area is 172 Å². The Kier molecular flexibility index (Phi) is 6.75. The van der Waals surface area contributed by atoms with Crippen LogP contribution in [0.15, 0.2) is 78.2 Å². The number of phenols is 2. The highest BCUT2D eigenvalue weighted by Gasteiger charge is 2.07. The number of carbonyl (C=O) groups is 1. The molecule has 0 fully saturated rings. The van der Waals surface area contributed by atoms with Crippen LogP contribution in [0.4, 0.5) is 0 Å². The van der Waals surface area contributed by atoms with Crippen molar-refractivity contribution >= 4 is 18.2 Å². The van der Waals surface area contributed by atoms with Crippen molar-refractivity contribution < 1.29 is 24.9 Å². The van der Waals surface area contributed by atoms with Crippen LogP contribution >= 0.6 is 0 Å². The zero-order chi connectivity index (χ0) is 21.3. The minimum atomic E-state index is -1.31. The molecule has 2 aromatic carbocycles. The van der Waals surface area contributed by atoms with Crippen molar-refractivity contribution in [3.63, 3.8) is 0 Å². The van der Waals surface area contributed by atoms with Crippen LogP contribution in [-0.4, -0.2) is 38.7 Å². The third-order valence-electron chi connectivity index (χ3n) is 3.93. The fourth-order valence-corrected chi connectivity index (χ4v) is 2.45. The van der Waals surface area contributed by atoms with Gasteiger partial charge in [0.25, 0.3) is 5.91 Å². The summed E-state index contributed by atoms with van der Waals surface area (Å²) in [4.78, 5) is 15.8. The number of carbonyl (C=O) groups excluding carboxylic acids is 1. The van der Waals surface area contributed by atoms with Gasteiger partial charge in [-0.2, -0.15) is 5.10 Å². The SMILES string of the molecule is O=C(N/N=C/c1ccccc1OC(O)/C=C/c1ccc(O)cc1O)c1ccncc1. The summed E-state index contributed by atoms with van der Waals surface area (Å²) in [5.74, 6) is -0.239. The summed E-state index contributed by atoms with van der Waals surface area (Å²) in [5, 5.41) is 33.1. The van der Waals surface area contributed by atoms with E-state index in [4.69, 9.17) is 4.74 Å². The van der Waals surface area contributed by atoms with Gasteiger partial charge in [0.1, 0.15) is 17.2 Å². The predicted molar refractivity (Wildman–Crippen MR) is 111 cm³/mol. The molecule has 0 saturated carbocycles. The third kappa shape index (κ3) is 5.66. The number of amides is 1. The molecule has 8 heteroatoms. The fourth-order valence-electron chi connectivity index (χ4n) is 2.45. The van der Waals surface area contributed by atoms with Crippen molar-refractivity contribution in [3.05, 3.63) is 89.8 Å². The zero-order valence-corrected chi connectivity index (χ0v) is 15.7. The topological polar surface area (TPSA) is 124 Å². The summed E-state index contributed by atoms with van der Waals surface area (Å²) in [5.41, 5.74) is 3.77. The molecule has 8 nitrogen and oxygen atoms in total. The van der Waals surface area contributed by atoms with E-state index in [-0.39, 0.29) is 17.4 Å². The molecule has 1 heterocycles. The van der Waals surface area contributed by atoms with Gasteiger partial charge in [0.2, 0.25) is 6.29 Å². The maximum Gasteiger partial charge on any atom is 0.271 e. The Morgan fingerprint density at radius 3 is 2.60 bits per heavy atom. The Bertz CT molecular complexity index is 1070. The van der Waals surface area contributed by atoms with Crippen molar-refractivity contribution in [2.24, 2.45) is 5.10 Å². The minimum Gasteiger partial charge on any atom is -0.508 e. The molecule has 0 aliphatic carbocycles. The van der Waals surface area contributed by atoms with Crippen molar-refractivity contribution in [1.29, 1.82) is 0 Å². The molecular formula is C22H19N3O5. The molecule has 3 aromatic rings. The highest BCUT2D eigenvalue weighted by atomic mass is 16.6. The van der Waals surface area contributed by atoms with E-state index >= 15 is 0 Å². The molecule has 152 valence electrons. The maximum atomic E-state index is 12.0. The highest BCUT2D eigenvalue weighted by molar-refractivity contribution is 5.94. The molecule has 4 N–H and O–H groups in total. The van der Waals surface area contributed by atoms with Gasteiger partial charge >= 0.3 is 0 Å². The summed E-state index contributed by atoms with van der Waals surface area (Å²) in [6, 6.07) is 14.1. The van der Waals surface area contributed by atoms with E-state index in [0.29, 0.717) is 22.4 Å². The van der Waals surface area contributed by atoms with Crippen LogP contribution in [0.5, 0.6) is 17.2 Å². The molecule has 0 saturated heterocycles. The van der Waals surface area contributed by atoms with Crippen molar-refractivity contribution in [2.45, 2.75) is 6.29 Å². The van der Waals surface area contributed by atoms with Crippen LogP contribution in [0.2, 0.25) is 0 Å². The summed E-state index contributed by atoms with van der Waals surface area (Å²) in [6.45, 7) is 0. The predicted octanol–water partition coefficient (Wildman–Crippen LogP) is 2.67. The summed E-state index contributed by atoms with van der Waals surface area (Å²) in [7, 11) is 0. The van der Waals surface area contributed by atoms with Crippen LogP contribution in [0, 0.1) is 0 Å². The number of ether oxygens (including phenoxy) is 1. The lowest BCUT2D eigenvalue weighted by Crippen LogP contribution is -2.17. The van der Waals surface area contributed by atoms with Gasteiger partial charge in [-0.15, -0.1) is 0 Å². The van der Waals surface area contributed by atoms with Crippen molar-refractivity contribution in [3.8, 4) is 17.2 Å². The molecule has 0 spiro atoms. The van der Waals surface area contributed by atoms with E-state index in [0.717, 1.165) is 0 Å². The van der Waals surface area contributed by atoms with Crippen LogP contribution < -0.4 is 10.2 Å². The second-order valence-corrected chi connectivity index (χ2v) is 6.08. The molecule has 1 unspecified atom stereocenters. The number of para-hydroxylation sites is 1. The summed E-state index contributed by atoms with van der Waals surface area (Å²) < 4.78 is 5.50. The second kappa shape index (κ2) is 9.85. The van der Waals surface area contributed by atoms with Crippen LogP contribution in [0.1, 0.15) is 21.5 Å². The summed E-state index contributed by atoms with van der Waals surface area (Å²) >= 11 is 0. The fraction of sp³-hybridized carbons (Fsp3) is 0.0455. The molecule has 3 rings (SSSR count). The van der Waals surface area contributed by atoms with Gasteiger partial charge in [-0.05, 0) is 48.6 Å². The Balaban J connectivity index is 1.64. The van der Waals surface area contributed by atoms with Crippen LogP contribution in [-0.2, 0) is 0 Å². The zero-order valence-electron chi connectivity index (χ0n) is 15.7. The molecular weight excluding hydrogens is 386 g/mol. The number of aromatic nitrogens is 1. The number of phenolic OH excluding ortho intramolecular Hbond substituents is 2. The number of rotatable bonds is 7. The van der Waals surface area contributed by atoms with E-state index in [1.165, 1.54) is 49.0 Å². The highest BCUT2D eigenvalue weighted by Crippen LogP contribution is 2.24. The average Bonchev–Trinajstić information content (AvgIpc) is 2.75. The van der Waals surface area contributed by atoms with Crippen molar-refractivity contribution in [1.82, 2.24) is 10.4 Å². The molecule has 1 atom stereocenters. The molecule has 0 aliphatic heterocycles. The first-order valence-electron chi connectivity index (χ1n) is 8.90. The number of nitrogens with one attached hydrogen (secondary N) is 1. The number of hydrogen-bond acceptors (Lipinski definition) is 7. The van der Waals surface area contributed by atoms with Crippen molar-refractivity contribution in [2.75, 3.05) is 0 Å². The Morgan fingerprint density at radius 1 is 1.07 bits per heavy atom. The van der Waals surface area contributed by atoms with E-state index in [2.05, 4.69) is 15.5 Å². The van der Waals surface area contributed by atoms with Gasteiger partial charge in [-0.1, -0.05) is 12.1 Å². The first-order chi connectivity index (χ1) is 14.5. The summed E-state index contributed by atoms with van der Waals surface area (Å²) in [6.07, 6.45) is 5.91. The molecule has 1 aromatic heterocycles. The molecule has 0 radical (unpaired) electrons. The first-order valence-corrected chi connectivity index (χ1v) is 8.90. The van der Waals surface area contributed by atoms with Gasteiger partial charge in [0, 0.05) is 35.2 Å². The minimum absolute atomic E-state index is 0.0642. The number of nitrogens with zero attached hydrogens (tertiary/aromatic N) is 2. The van der Waals surface area contributed by atoms with E-state index in [1.54, 1.807) is 36.4 Å². The second-order valence-electron chi connectivity index (χ2n) is 6.08. The number of hydrogen-bond donors (Lipinski definition) is 4. The molecule has 30 heavy (non-hydrogen) atoms. The molecule has 0 bridgehead atoms. The van der Waals surface area contributed by atoms with Crippen LogP contribution in [0.3, 0.4) is 0 Å². The Morgan fingerprint density at radius 2 is 1.83 bits per heavy atom. The quantitative estimate of drug-likeness (QED) is 0.272. The number of aliphatic hydroxyl groups is 1. The van der Waals surface area contributed by atoms with Gasteiger partial charge < -0.3 is 20.1 Å². The maximum absolute atomic E-state index is 12.0. The van der Waals surface area contributed by atoms with Crippen LogP contribution in [0.25, 0.3) is 6.08 Å². The lowest BCUT2D eigenvalue weighted by molar-refractivity contribution is 0.0253. The average molecular weight is 405 g/mol. The van der Waals surface area contributed by atoms with Gasteiger partial charge in [-0.25, -0.2) is 5.43 Å². The monoisotopic (exact) mass is 405 g/mol. The number of pyridine rings is 1. The third-order valence-corrected chi connectivity index (χ3v) is 3.93. The number of benzene rings is 2. The number of aliphatic hydroxyl groups excluding tert-OH is 1. The van der Waals surface area contributed by atoms with Gasteiger partial charge in [-0.3, -0.25) is 9.78 Å². The number of hydrazone groups is 1. The largest absolute Gasteiger partial charge is 0.508 e. The number of aromatic hydroxyl groups is 2. The Hall–Kier alpha value is -4.17. The van der Waals surface area contributed by atoms with E-state index < -0.39 is 6.29 Å². The smallest absolute Gasteiger partial charge is 0.271 e. The lowest BCUT2D eigenvalue weighted by Gasteiger charge is -2.12. The molecule has 0 aliphatic rings. The van der Waals surface area contributed by atoms with Gasteiger partial charge in [0.05, 0.1) is 6.21 Å². The normalized spacial score (nSPS) is 12.2. The van der Waals surface area contributed by atoms with Gasteiger partial charge in [0.15, 0.2) is 0 Å².